The fraction of sp³-hybridized carbons (Fsp3) is 0.188. The molecule has 0 aromatic heterocycles. The van der Waals surface area contributed by atoms with Crippen molar-refractivity contribution in [2.75, 3.05) is 0 Å². The lowest BCUT2D eigenvalue weighted by molar-refractivity contribution is 0.0915. The van der Waals surface area contributed by atoms with E-state index in [1.807, 2.05) is 31.2 Å². The third-order valence-corrected chi connectivity index (χ3v) is 5.41. The molecule has 0 saturated heterocycles. The van der Waals surface area contributed by atoms with Crippen molar-refractivity contribution in [3.05, 3.63) is 61.5 Å². The molecule has 1 aliphatic carbocycles. The molecule has 108 valence electrons. The molecule has 3 rings (SSSR count). The van der Waals surface area contributed by atoms with Gasteiger partial charge in [-0.25, -0.2) is 0 Å². The summed E-state index contributed by atoms with van der Waals surface area (Å²) >= 11 is 15.5. The molecule has 2 aromatic carbocycles. The Morgan fingerprint density at radius 2 is 1.81 bits per heavy atom. The van der Waals surface area contributed by atoms with Crippen molar-refractivity contribution in [2.45, 2.75) is 18.8 Å². The van der Waals surface area contributed by atoms with Gasteiger partial charge in [0.25, 0.3) is 0 Å². The van der Waals surface area contributed by atoms with Crippen LogP contribution in [-0.4, -0.2) is 10.9 Å². The maximum absolute atomic E-state index is 12.9. The minimum atomic E-state index is -0.691. The summed E-state index contributed by atoms with van der Waals surface area (Å²) in [6.07, 6.45) is 0.493. The Morgan fingerprint density at radius 3 is 2.43 bits per heavy atom. The number of hydrogen-bond acceptors (Lipinski definition) is 2. The number of phenols is 1. The summed E-state index contributed by atoms with van der Waals surface area (Å²) in [5, 5.41) is 9.96. The van der Waals surface area contributed by atoms with Crippen molar-refractivity contribution in [3.63, 3.8) is 0 Å². The van der Waals surface area contributed by atoms with Crippen LogP contribution in [0.5, 0.6) is 5.75 Å². The lowest BCUT2D eigenvalue weighted by Gasteiger charge is -2.22. The summed E-state index contributed by atoms with van der Waals surface area (Å²) in [5.74, 6) is -0.153. The second-order valence-corrected chi connectivity index (χ2v) is 7.07. The summed E-state index contributed by atoms with van der Waals surface area (Å²) < 4.78 is 0.955. The Hall–Kier alpha value is -1.03. The van der Waals surface area contributed by atoms with E-state index >= 15 is 0 Å². The molecule has 0 fully saturated rings. The van der Waals surface area contributed by atoms with E-state index in [0.717, 1.165) is 15.6 Å². The topological polar surface area (TPSA) is 37.3 Å². The molecule has 0 aliphatic heterocycles. The van der Waals surface area contributed by atoms with Crippen molar-refractivity contribution in [3.8, 4) is 5.75 Å². The number of fused-ring (bicyclic) bond motifs is 1. The van der Waals surface area contributed by atoms with E-state index < -0.39 is 5.41 Å². The maximum atomic E-state index is 12.9. The normalized spacial score (nSPS) is 20.7. The lowest BCUT2D eigenvalue weighted by Crippen LogP contribution is -2.29. The molecular weight excluding hydrogens is 375 g/mol. The highest BCUT2D eigenvalue weighted by molar-refractivity contribution is 9.10. The van der Waals surface area contributed by atoms with Gasteiger partial charge in [0, 0.05) is 10.0 Å². The number of rotatable bonds is 1. The van der Waals surface area contributed by atoms with Gasteiger partial charge in [-0.15, -0.1) is 0 Å². The van der Waals surface area contributed by atoms with Gasteiger partial charge in [-0.05, 0) is 42.7 Å². The largest absolute Gasteiger partial charge is 0.506 e. The van der Waals surface area contributed by atoms with Crippen molar-refractivity contribution in [1.29, 1.82) is 0 Å². The van der Waals surface area contributed by atoms with E-state index in [9.17, 15) is 9.90 Å². The van der Waals surface area contributed by atoms with Gasteiger partial charge in [0.15, 0.2) is 5.78 Å². The molecule has 1 N–H and O–H groups in total. The highest BCUT2D eigenvalue weighted by Crippen LogP contribution is 2.46. The molecule has 0 heterocycles. The van der Waals surface area contributed by atoms with Gasteiger partial charge in [-0.3, -0.25) is 4.79 Å². The van der Waals surface area contributed by atoms with Crippen LogP contribution in [0, 0.1) is 0 Å². The van der Waals surface area contributed by atoms with Gasteiger partial charge in [-0.1, -0.05) is 51.3 Å². The highest BCUT2D eigenvalue weighted by atomic mass is 79.9. The number of ketones is 1. The summed E-state index contributed by atoms with van der Waals surface area (Å²) in [6, 6.07) is 9.18. The molecule has 1 unspecified atom stereocenters. The summed E-state index contributed by atoms with van der Waals surface area (Å²) in [7, 11) is 0. The maximum Gasteiger partial charge on any atom is 0.175 e. The predicted octanol–water partition coefficient (Wildman–Crippen LogP) is 5.16. The number of carbonyl (C=O) groups excluding carboxylic acids is 1. The van der Waals surface area contributed by atoms with E-state index in [1.54, 1.807) is 0 Å². The van der Waals surface area contributed by atoms with Crippen LogP contribution in [0.15, 0.2) is 34.8 Å². The molecule has 0 saturated carbocycles. The van der Waals surface area contributed by atoms with E-state index in [2.05, 4.69) is 15.9 Å². The number of halogens is 3. The molecule has 1 atom stereocenters. The number of benzene rings is 2. The highest BCUT2D eigenvalue weighted by Gasteiger charge is 2.44. The van der Waals surface area contributed by atoms with Crippen LogP contribution in [0.25, 0.3) is 0 Å². The van der Waals surface area contributed by atoms with Crippen molar-refractivity contribution in [1.82, 2.24) is 0 Å². The number of carbonyl (C=O) groups is 1. The Bertz CT molecular complexity index is 756. The Morgan fingerprint density at radius 1 is 1.19 bits per heavy atom. The summed E-state index contributed by atoms with van der Waals surface area (Å²) in [5.41, 5.74) is 1.38. The van der Waals surface area contributed by atoms with Gasteiger partial charge in [0.2, 0.25) is 0 Å². The van der Waals surface area contributed by atoms with Crippen LogP contribution in [0.1, 0.15) is 28.4 Å². The minimum absolute atomic E-state index is 0.0313. The van der Waals surface area contributed by atoms with Gasteiger partial charge in [0.1, 0.15) is 10.8 Å². The number of phenolic OH excluding ortho intramolecular Hbond substituents is 1. The van der Waals surface area contributed by atoms with Crippen LogP contribution < -0.4 is 0 Å². The molecule has 2 aromatic rings. The zero-order valence-electron chi connectivity index (χ0n) is 11.1. The van der Waals surface area contributed by atoms with Crippen LogP contribution >= 0.6 is 39.1 Å². The van der Waals surface area contributed by atoms with Gasteiger partial charge < -0.3 is 5.11 Å². The van der Waals surface area contributed by atoms with Crippen molar-refractivity contribution < 1.29 is 9.90 Å². The Labute approximate surface area is 140 Å². The lowest BCUT2D eigenvalue weighted by atomic mass is 9.79. The SMILES string of the molecule is CC1(c2ccc(Br)cc2)Cc2cc(O)c(Cl)c(Cl)c2C1=O. The molecule has 5 heteroatoms. The second kappa shape index (κ2) is 5.01. The van der Waals surface area contributed by atoms with Gasteiger partial charge in [0.05, 0.1) is 10.4 Å². The average Bonchev–Trinajstić information content (AvgIpc) is 2.70. The quantitative estimate of drug-likeness (QED) is 0.736. The number of Topliss-reactive ketones (excluding diaryl/α,β-unsaturated/α-hetero) is 1. The smallest absolute Gasteiger partial charge is 0.175 e. The molecule has 0 amide bonds. The summed E-state index contributed by atoms with van der Waals surface area (Å²) in [6.45, 7) is 1.89. The first-order valence-electron chi connectivity index (χ1n) is 6.35. The molecular formula is C16H11BrCl2O2. The zero-order valence-corrected chi connectivity index (χ0v) is 14.2. The van der Waals surface area contributed by atoms with E-state index in [1.165, 1.54) is 6.07 Å². The van der Waals surface area contributed by atoms with E-state index in [-0.39, 0.29) is 21.6 Å². The third-order valence-electron chi connectivity index (χ3n) is 4.02. The predicted molar refractivity (Wildman–Crippen MR) is 87.7 cm³/mol. The van der Waals surface area contributed by atoms with E-state index in [0.29, 0.717) is 12.0 Å². The average molecular weight is 386 g/mol. The Balaban J connectivity index is 2.16. The first kappa shape index (κ1) is 14.9. The first-order valence-corrected chi connectivity index (χ1v) is 7.90. The molecule has 0 bridgehead atoms. The summed E-state index contributed by atoms with van der Waals surface area (Å²) in [4.78, 5) is 12.9. The first-order chi connectivity index (χ1) is 9.84. The van der Waals surface area contributed by atoms with E-state index in [4.69, 9.17) is 23.2 Å². The monoisotopic (exact) mass is 384 g/mol. The Kier molecular flexibility index (Phi) is 3.55. The van der Waals surface area contributed by atoms with Crippen LogP contribution in [0.2, 0.25) is 10.0 Å². The molecule has 2 nitrogen and oxygen atoms in total. The molecule has 0 radical (unpaired) electrons. The fourth-order valence-corrected chi connectivity index (χ4v) is 3.55. The van der Waals surface area contributed by atoms with Crippen LogP contribution in [0.4, 0.5) is 0 Å². The van der Waals surface area contributed by atoms with Crippen LogP contribution in [-0.2, 0) is 11.8 Å². The molecule has 21 heavy (non-hydrogen) atoms. The van der Waals surface area contributed by atoms with Crippen molar-refractivity contribution >= 4 is 44.9 Å². The van der Waals surface area contributed by atoms with Gasteiger partial charge >= 0.3 is 0 Å². The van der Waals surface area contributed by atoms with Crippen LogP contribution in [0.3, 0.4) is 0 Å². The van der Waals surface area contributed by atoms with Gasteiger partial charge in [-0.2, -0.15) is 0 Å². The standard InChI is InChI=1S/C16H11BrCl2O2/c1-16(9-2-4-10(17)5-3-9)7-8-6-11(20)13(18)14(19)12(8)15(16)21/h2-6,20H,7H2,1H3. The fourth-order valence-electron chi connectivity index (χ4n) is 2.84. The third kappa shape index (κ3) is 2.19. The zero-order chi connectivity index (χ0) is 15.4. The molecule has 1 aliphatic rings. The number of hydrogen-bond donors (Lipinski definition) is 1. The second-order valence-electron chi connectivity index (χ2n) is 5.40. The minimum Gasteiger partial charge on any atom is -0.506 e. The van der Waals surface area contributed by atoms with Crippen molar-refractivity contribution in [2.24, 2.45) is 0 Å². The number of aromatic hydroxyl groups is 1. The molecule has 0 spiro atoms.